The van der Waals surface area contributed by atoms with Crippen LogP contribution in [0.2, 0.25) is 0 Å². The number of carboxylic acid groups (broad SMARTS) is 1. The molecule has 5 heteroatoms. The van der Waals surface area contributed by atoms with Gasteiger partial charge in [0.2, 0.25) is 0 Å². The number of benzene rings is 1. The van der Waals surface area contributed by atoms with Gasteiger partial charge in [-0.2, -0.15) is 5.26 Å². The number of carboxylic acids is 1. The van der Waals surface area contributed by atoms with Crippen LogP contribution < -0.4 is 0 Å². The third-order valence-corrected chi connectivity index (χ3v) is 2.81. The summed E-state index contributed by atoms with van der Waals surface area (Å²) in [5.41, 5.74) is 2.84. The summed E-state index contributed by atoms with van der Waals surface area (Å²) in [7, 11) is 0. The lowest BCUT2D eigenvalue weighted by atomic mass is 10.1. The molecule has 0 aliphatic carbocycles. The Morgan fingerprint density at radius 3 is 2.24 bits per heavy atom. The summed E-state index contributed by atoms with van der Waals surface area (Å²) >= 11 is 0. The first kappa shape index (κ1) is 14.4. The number of carbonyl (C=O) groups is 1. The molecule has 0 unspecified atom stereocenters. The molecule has 104 valence electrons. The first-order valence-electron chi connectivity index (χ1n) is 6.27. The zero-order chi connectivity index (χ0) is 15.4. The molecule has 2 rings (SSSR count). The molecule has 0 saturated heterocycles. The lowest BCUT2D eigenvalue weighted by Crippen LogP contribution is -1.98. The highest BCUT2D eigenvalue weighted by molar-refractivity contribution is 5.90. The second-order valence-electron chi connectivity index (χ2n) is 4.57. The molecule has 21 heavy (non-hydrogen) atoms. The van der Waals surface area contributed by atoms with E-state index in [-0.39, 0.29) is 5.56 Å². The highest BCUT2D eigenvalue weighted by atomic mass is 16.4. The summed E-state index contributed by atoms with van der Waals surface area (Å²) in [6, 6.07) is 10.2. The minimum atomic E-state index is -0.983. The number of aryl methyl sites for hydroxylation is 2. The topological polar surface area (TPSA) is 86.9 Å². The van der Waals surface area contributed by atoms with Crippen molar-refractivity contribution >= 4 is 17.6 Å². The summed E-state index contributed by atoms with van der Waals surface area (Å²) in [5.74, 6) is -0.610. The van der Waals surface area contributed by atoms with E-state index >= 15 is 0 Å². The van der Waals surface area contributed by atoms with E-state index in [0.29, 0.717) is 11.4 Å². The SMILES string of the molecule is Cc1cc(C)nc(/C(C#N)=C/c2ccc(C(=O)O)cc2)n1. The molecule has 5 nitrogen and oxygen atoms in total. The number of aromatic carboxylic acids is 1. The van der Waals surface area contributed by atoms with Crippen molar-refractivity contribution in [2.45, 2.75) is 13.8 Å². The van der Waals surface area contributed by atoms with Crippen LogP contribution in [-0.4, -0.2) is 21.0 Å². The number of allylic oxidation sites excluding steroid dienone is 1. The maximum atomic E-state index is 10.8. The van der Waals surface area contributed by atoms with Crippen molar-refractivity contribution < 1.29 is 9.90 Å². The van der Waals surface area contributed by atoms with E-state index in [9.17, 15) is 10.1 Å². The van der Waals surface area contributed by atoms with Gasteiger partial charge in [0.15, 0.2) is 5.82 Å². The van der Waals surface area contributed by atoms with Gasteiger partial charge in [-0.1, -0.05) is 12.1 Å². The molecule has 2 aromatic rings. The largest absolute Gasteiger partial charge is 0.478 e. The highest BCUT2D eigenvalue weighted by Crippen LogP contribution is 2.16. The average Bonchev–Trinajstić information content (AvgIpc) is 2.44. The fraction of sp³-hybridized carbons (Fsp3) is 0.125. The minimum absolute atomic E-state index is 0.202. The van der Waals surface area contributed by atoms with Crippen LogP contribution in [0.1, 0.15) is 33.1 Å². The van der Waals surface area contributed by atoms with E-state index < -0.39 is 5.97 Å². The Kier molecular flexibility index (Phi) is 4.10. The molecular formula is C16H13N3O2. The molecular weight excluding hydrogens is 266 g/mol. The average molecular weight is 279 g/mol. The molecule has 0 fully saturated rings. The molecule has 0 atom stereocenters. The molecule has 1 aromatic heterocycles. The van der Waals surface area contributed by atoms with Crippen LogP contribution in [-0.2, 0) is 0 Å². The Bertz CT molecular complexity index is 736. The lowest BCUT2D eigenvalue weighted by molar-refractivity contribution is 0.0697. The predicted molar refractivity (Wildman–Crippen MR) is 78.4 cm³/mol. The van der Waals surface area contributed by atoms with Crippen LogP contribution in [0.3, 0.4) is 0 Å². The molecule has 0 aliphatic rings. The van der Waals surface area contributed by atoms with E-state index in [2.05, 4.69) is 16.0 Å². The van der Waals surface area contributed by atoms with Gasteiger partial charge >= 0.3 is 5.97 Å². The molecule has 0 aliphatic heterocycles. The number of rotatable bonds is 3. The number of hydrogen-bond acceptors (Lipinski definition) is 4. The maximum absolute atomic E-state index is 10.8. The fourth-order valence-electron chi connectivity index (χ4n) is 1.88. The van der Waals surface area contributed by atoms with Crippen LogP contribution >= 0.6 is 0 Å². The summed E-state index contributed by atoms with van der Waals surface area (Å²) in [6.45, 7) is 3.68. The Balaban J connectivity index is 2.41. The van der Waals surface area contributed by atoms with E-state index in [4.69, 9.17) is 5.11 Å². The van der Waals surface area contributed by atoms with Gasteiger partial charge in [0.25, 0.3) is 0 Å². The van der Waals surface area contributed by atoms with Crippen LogP contribution in [0.25, 0.3) is 11.6 Å². The number of hydrogen-bond donors (Lipinski definition) is 1. The maximum Gasteiger partial charge on any atom is 0.335 e. The molecule has 1 heterocycles. The van der Waals surface area contributed by atoms with Gasteiger partial charge in [-0.3, -0.25) is 0 Å². The third kappa shape index (κ3) is 3.51. The second-order valence-corrected chi connectivity index (χ2v) is 4.57. The lowest BCUT2D eigenvalue weighted by Gasteiger charge is -2.02. The van der Waals surface area contributed by atoms with Crippen LogP contribution in [0.15, 0.2) is 30.3 Å². The van der Waals surface area contributed by atoms with Gasteiger partial charge in [-0.25, -0.2) is 14.8 Å². The van der Waals surface area contributed by atoms with Crippen molar-refractivity contribution in [3.05, 3.63) is 58.7 Å². The normalized spacial score (nSPS) is 11.0. The molecule has 0 amide bonds. The van der Waals surface area contributed by atoms with Crippen molar-refractivity contribution in [3.63, 3.8) is 0 Å². The zero-order valence-corrected chi connectivity index (χ0v) is 11.7. The number of aromatic nitrogens is 2. The van der Waals surface area contributed by atoms with Crippen molar-refractivity contribution in [1.82, 2.24) is 9.97 Å². The smallest absolute Gasteiger partial charge is 0.335 e. The van der Waals surface area contributed by atoms with Crippen molar-refractivity contribution in [2.24, 2.45) is 0 Å². The van der Waals surface area contributed by atoms with Crippen molar-refractivity contribution in [3.8, 4) is 6.07 Å². The summed E-state index contributed by atoms with van der Waals surface area (Å²) in [4.78, 5) is 19.3. The Morgan fingerprint density at radius 1 is 1.19 bits per heavy atom. The van der Waals surface area contributed by atoms with Crippen molar-refractivity contribution in [1.29, 1.82) is 5.26 Å². The minimum Gasteiger partial charge on any atom is -0.478 e. The zero-order valence-electron chi connectivity index (χ0n) is 11.7. The summed E-state index contributed by atoms with van der Waals surface area (Å²) in [6.07, 6.45) is 1.64. The van der Waals surface area contributed by atoms with Gasteiger partial charge < -0.3 is 5.11 Å². The monoisotopic (exact) mass is 279 g/mol. The Labute approximate surface area is 122 Å². The van der Waals surface area contributed by atoms with Gasteiger partial charge in [0.05, 0.1) is 11.1 Å². The number of nitriles is 1. The first-order valence-corrected chi connectivity index (χ1v) is 6.27. The second kappa shape index (κ2) is 5.97. The fourth-order valence-corrected chi connectivity index (χ4v) is 1.88. The molecule has 1 aromatic carbocycles. The predicted octanol–water partition coefficient (Wildman–Crippen LogP) is 2.86. The number of nitrogens with zero attached hydrogens (tertiary/aromatic N) is 3. The third-order valence-electron chi connectivity index (χ3n) is 2.81. The Morgan fingerprint density at radius 2 is 1.76 bits per heavy atom. The molecule has 0 saturated carbocycles. The van der Waals surface area contributed by atoms with Gasteiger partial charge in [-0.15, -0.1) is 0 Å². The summed E-state index contributed by atoms with van der Waals surface area (Å²) in [5, 5.41) is 18.1. The standard InChI is InChI=1S/C16H13N3O2/c1-10-7-11(2)19-15(18-10)14(9-17)8-12-3-5-13(6-4-12)16(20)21/h3-8H,1-2H3,(H,20,21)/b14-8+. The van der Waals surface area contributed by atoms with Crippen LogP contribution in [0, 0.1) is 25.2 Å². The van der Waals surface area contributed by atoms with Crippen molar-refractivity contribution in [2.75, 3.05) is 0 Å². The van der Waals surface area contributed by atoms with E-state index in [1.165, 1.54) is 12.1 Å². The first-order chi connectivity index (χ1) is 9.99. The van der Waals surface area contributed by atoms with Crippen LogP contribution in [0.4, 0.5) is 0 Å². The van der Waals surface area contributed by atoms with E-state index in [1.807, 2.05) is 19.9 Å². The van der Waals surface area contributed by atoms with Gasteiger partial charge in [-0.05, 0) is 43.7 Å². The van der Waals surface area contributed by atoms with E-state index in [0.717, 1.165) is 17.0 Å². The highest BCUT2D eigenvalue weighted by Gasteiger charge is 2.07. The molecule has 1 N–H and O–H groups in total. The molecule has 0 radical (unpaired) electrons. The molecule has 0 spiro atoms. The molecule has 0 bridgehead atoms. The quantitative estimate of drug-likeness (QED) is 0.873. The summed E-state index contributed by atoms with van der Waals surface area (Å²) < 4.78 is 0. The van der Waals surface area contributed by atoms with E-state index in [1.54, 1.807) is 18.2 Å². The van der Waals surface area contributed by atoms with Gasteiger partial charge in [0, 0.05) is 11.4 Å². The van der Waals surface area contributed by atoms with Crippen LogP contribution in [0.5, 0.6) is 0 Å². The Hall–Kier alpha value is -3.00. The van der Waals surface area contributed by atoms with Gasteiger partial charge in [0.1, 0.15) is 6.07 Å².